The normalized spacial score (nSPS) is 46.8. The molecule has 3 aliphatic heterocycles. The Morgan fingerprint density at radius 3 is 2.16 bits per heavy atom. The third kappa shape index (κ3) is 11.2. The summed E-state index contributed by atoms with van der Waals surface area (Å²) in [5.74, 6) is -3.81. The molecular weight excluding hydrogens is 732 g/mol. The maximum atomic E-state index is 14.4. The number of aliphatic hydroxyl groups excluding tert-OH is 3. The van der Waals surface area contributed by atoms with Gasteiger partial charge in [-0.05, 0) is 94.8 Å². The molecule has 0 aromatic carbocycles. The van der Waals surface area contributed by atoms with E-state index >= 15 is 0 Å². The third-order valence-electron chi connectivity index (χ3n) is 12.6. The Morgan fingerprint density at radius 1 is 0.982 bits per heavy atom. The number of hydrogen-bond donors (Lipinski definition) is 5. The topological polar surface area (TPSA) is 206 Å². The SMILES string of the molecule is CC[C@H]1OC(=O)[C@H](C)[C@@H](O[C@H]2C[C@@](C)(OC)[C@@H](O)[C@H](C)O2)[C@H](C)[C@@H](O[C@@H]2O[C@H](C)C[C@H](N(C)C)[C@H]2O)[C@](C)(O)C[C@@H](C)CN(C)[C@H](C)[C@@H](OC(=O)CO)[C@]1(C)O. The van der Waals surface area contributed by atoms with Crippen molar-refractivity contribution in [3.05, 3.63) is 0 Å². The smallest absolute Gasteiger partial charge is 0.332 e. The maximum absolute atomic E-state index is 14.4. The number of carbonyl (C=O) groups is 2. The number of nitrogens with zero attached hydrogens (tertiary/aromatic N) is 2. The number of likely N-dealkylation sites (N-methyl/N-ethyl adjacent to an activating group) is 2. The first-order chi connectivity index (χ1) is 25.8. The Hall–Kier alpha value is -1.54. The molecule has 16 heteroatoms. The van der Waals surface area contributed by atoms with E-state index in [-0.39, 0.29) is 37.3 Å². The van der Waals surface area contributed by atoms with Gasteiger partial charge in [0, 0.05) is 38.1 Å². The van der Waals surface area contributed by atoms with Gasteiger partial charge in [0.1, 0.15) is 36.6 Å². The van der Waals surface area contributed by atoms with E-state index in [9.17, 15) is 35.1 Å². The van der Waals surface area contributed by atoms with E-state index in [1.807, 2.05) is 37.7 Å². The van der Waals surface area contributed by atoms with Gasteiger partial charge in [-0.1, -0.05) is 20.8 Å². The highest BCUT2D eigenvalue weighted by atomic mass is 16.7. The Bertz CT molecular complexity index is 1270. The fraction of sp³-hybridized carbons (Fsp3) is 0.950. The quantitative estimate of drug-likeness (QED) is 0.209. The molecular formula is C40H74N2O14. The van der Waals surface area contributed by atoms with Crippen LogP contribution in [0.1, 0.15) is 94.9 Å². The molecule has 0 unspecified atom stereocenters. The van der Waals surface area contributed by atoms with Crippen LogP contribution in [0.4, 0.5) is 0 Å². The predicted octanol–water partition coefficient (Wildman–Crippen LogP) is 1.44. The van der Waals surface area contributed by atoms with E-state index in [4.69, 9.17) is 33.2 Å². The Kier molecular flexibility index (Phi) is 17.2. The van der Waals surface area contributed by atoms with E-state index in [0.717, 1.165) is 0 Å². The average Bonchev–Trinajstić information content (AvgIpc) is 3.11. The summed E-state index contributed by atoms with van der Waals surface area (Å²) >= 11 is 0. The van der Waals surface area contributed by atoms with E-state index in [2.05, 4.69) is 0 Å². The lowest BCUT2D eigenvalue weighted by atomic mass is 9.77. The summed E-state index contributed by atoms with van der Waals surface area (Å²) in [6, 6.07) is -0.945. The summed E-state index contributed by atoms with van der Waals surface area (Å²) in [5.41, 5.74) is -4.60. The van der Waals surface area contributed by atoms with Gasteiger partial charge in [-0.25, -0.2) is 4.79 Å². The van der Waals surface area contributed by atoms with Crippen LogP contribution in [0, 0.1) is 17.8 Å². The number of cyclic esters (lactones) is 1. The minimum Gasteiger partial charge on any atom is -0.459 e. The zero-order valence-corrected chi connectivity index (χ0v) is 36.2. The molecule has 3 saturated heterocycles. The van der Waals surface area contributed by atoms with Crippen molar-refractivity contribution in [1.82, 2.24) is 9.80 Å². The zero-order chi connectivity index (χ0) is 42.7. The predicted molar refractivity (Wildman–Crippen MR) is 205 cm³/mol. The average molecular weight is 807 g/mol. The number of aliphatic hydroxyl groups is 5. The van der Waals surface area contributed by atoms with Crippen LogP contribution in [0.15, 0.2) is 0 Å². The van der Waals surface area contributed by atoms with Gasteiger partial charge in [-0.2, -0.15) is 0 Å². The first-order valence-electron chi connectivity index (χ1n) is 20.2. The minimum atomic E-state index is -1.92. The summed E-state index contributed by atoms with van der Waals surface area (Å²) in [6.07, 6.45) is -8.81. The highest BCUT2D eigenvalue weighted by Gasteiger charge is 2.53. The van der Waals surface area contributed by atoms with Crippen molar-refractivity contribution in [2.75, 3.05) is 41.4 Å². The molecule has 328 valence electrons. The van der Waals surface area contributed by atoms with Crippen molar-refractivity contribution in [3.63, 3.8) is 0 Å². The van der Waals surface area contributed by atoms with Crippen LogP contribution >= 0.6 is 0 Å². The lowest BCUT2D eigenvalue weighted by Gasteiger charge is -2.48. The molecule has 0 spiro atoms. The second kappa shape index (κ2) is 19.7. The van der Waals surface area contributed by atoms with E-state index in [1.54, 1.807) is 55.5 Å². The summed E-state index contributed by atoms with van der Waals surface area (Å²) in [6.45, 7) is 16.7. The first kappa shape index (κ1) is 48.8. The van der Waals surface area contributed by atoms with Crippen molar-refractivity contribution < 1.29 is 68.3 Å². The standard InChI is InChI=1S/C40H74N2O14/c1-15-28-40(10,49)35(54-29(44)20-43)25(6)42(13)19-21(2)17-38(8,48)34(56-37-31(45)27(41(11)12)16-22(3)51-37)23(4)32(24(5)36(47)53-28)55-30-18-39(9,50-14)33(46)26(7)52-30/h21-28,30-35,37,43,45-46,48-49H,15-20H2,1-14H3/t21-,22-,23+,24-,25-,26+,27+,28-,30+,31-,32+,33+,34-,35-,37+,38-,39-,40-/m1/s1. The fourth-order valence-corrected chi connectivity index (χ4v) is 9.12. The summed E-state index contributed by atoms with van der Waals surface area (Å²) in [4.78, 5) is 30.7. The summed E-state index contributed by atoms with van der Waals surface area (Å²) < 4.78 is 43.3. The Morgan fingerprint density at radius 2 is 1.61 bits per heavy atom. The van der Waals surface area contributed by atoms with Crippen LogP contribution in [0.3, 0.4) is 0 Å². The highest BCUT2D eigenvalue weighted by molar-refractivity contribution is 5.73. The number of ether oxygens (including phenoxy) is 7. The molecule has 5 N–H and O–H groups in total. The summed E-state index contributed by atoms with van der Waals surface area (Å²) in [7, 11) is 7.03. The van der Waals surface area contributed by atoms with Gasteiger partial charge in [0.2, 0.25) is 0 Å². The molecule has 0 bridgehead atoms. The Balaban J connectivity index is 2.22. The number of esters is 2. The molecule has 3 rings (SSSR count). The molecule has 0 aromatic heterocycles. The summed E-state index contributed by atoms with van der Waals surface area (Å²) in [5, 5.41) is 56.9. The molecule has 18 atom stereocenters. The molecule has 0 saturated carbocycles. The number of rotatable bonds is 9. The van der Waals surface area contributed by atoms with Crippen molar-refractivity contribution in [3.8, 4) is 0 Å². The van der Waals surface area contributed by atoms with Gasteiger partial charge in [-0.3, -0.25) is 9.69 Å². The second-order valence-electron chi connectivity index (χ2n) is 17.8. The first-order valence-corrected chi connectivity index (χ1v) is 20.2. The molecule has 0 radical (unpaired) electrons. The third-order valence-corrected chi connectivity index (χ3v) is 12.6. The van der Waals surface area contributed by atoms with Gasteiger partial charge >= 0.3 is 11.9 Å². The molecule has 16 nitrogen and oxygen atoms in total. The molecule has 0 aromatic rings. The van der Waals surface area contributed by atoms with Crippen LogP contribution in [0.25, 0.3) is 0 Å². The van der Waals surface area contributed by atoms with Gasteiger partial charge in [0.05, 0.1) is 41.5 Å². The second-order valence-corrected chi connectivity index (χ2v) is 17.8. The van der Waals surface area contributed by atoms with Crippen molar-refractivity contribution >= 4 is 11.9 Å². The van der Waals surface area contributed by atoms with Crippen LogP contribution in [0.2, 0.25) is 0 Å². The molecule has 56 heavy (non-hydrogen) atoms. The van der Waals surface area contributed by atoms with Crippen molar-refractivity contribution in [1.29, 1.82) is 0 Å². The Labute approximate surface area is 334 Å². The van der Waals surface area contributed by atoms with Crippen LogP contribution in [-0.4, -0.2) is 179 Å². The molecule has 0 amide bonds. The van der Waals surface area contributed by atoms with E-state index in [1.165, 1.54) is 14.0 Å². The van der Waals surface area contributed by atoms with Gasteiger partial charge < -0.3 is 63.6 Å². The van der Waals surface area contributed by atoms with E-state index < -0.39 is 109 Å². The number of hydrogen-bond acceptors (Lipinski definition) is 16. The van der Waals surface area contributed by atoms with Crippen LogP contribution in [0.5, 0.6) is 0 Å². The largest absolute Gasteiger partial charge is 0.459 e. The molecule has 3 aliphatic rings. The van der Waals surface area contributed by atoms with Crippen molar-refractivity contribution in [2.45, 2.75) is 185 Å². The van der Waals surface area contributed by atoms with Gasteiger partial charge in [-0.15, -0.1) is 0 Å². The molecule has 3 fully saturated rings. The number of carbonyl (C=O) groups excluding carboxylic acids is 2. The lowest BCUT2D eigenvalue weighted by Crippen LogP contribution is -2.61. The van der Waals surface area contributed by atoms with Gasteiger partial charge in [0.25, 0.3) is 0 Å². The van der Waals surface area contributed by atoms with Crippen molar-refractivity contribution in [2.24, 2.45) is 17.8 Å². The monoisotopic (exact) mass is 807 g/mol. The van der Waals surface area contributed by atoms with E-state index in [0.29, 0.717) is 13.0 Å². The molecule has 3 heterocycles. The maximum Gasteiger partial charge on any atom is 0.332 e. The fourth-order valence-electron chi connectivity index (χ4n) is 9.12. The molecule has 0 aliphatic carbocycles. The minimum absolute atomic E-state index is 0.0971. The lowest BCUT2D eigenvalue weighted by molar-refractivity contribution is -0.318. The van der Waals surface area contributed by atoms with Crippen LogP contribution < -0.4 is 0 Å². The zero-order valence-electron chi connectivity index (χ0n) is 36.2. The van der Waals surface area contributed by atoms with Gasteiger partial charge in [0.15, 0.2) is 12.6 Å². The van der Waals surface area contributed by atoms with Crippen LogP contribution in [-0.2, 0) is 42.7 Å². The highest BCUT2D eigenvalue weighted by Crippen LogP contribution is 2.40. The number of methoxy groups -OCH3 is 1.